The summed E-state index contributed by atoms with van der Waals surface area (Å²) in [7, 11) is -0.990. The molecule has 1 atom stereocenters. The number of hydrogen-bond acceptors (Lipinski definition) is 4. The molecule has 0 aliphatic carbocycles. The molecule has 110 valence electrons. The van der Waals surface area contributed by atoms with Crippen molar-refractivity contribution in [1.29, 1.82) is 0 Å². The minimum Gasteiger partial charge on any atom is -0.478 e. The van der Waals surface area contributed by atoms with Crippen LogP contribution in [0.1, 0.15) is 22.8 Å². The van der Waals surface area contributed by atoms with Crippen molar-refractivity contribution < 1.29 is 23.1 Å². The van der Waals surface area contributed by atoms with E-state index < -0.39 is 27.0 Å². The molecule has 1 amide bonds. The Balaban J connectivity index is 3.39. The maximum Gasteiger partial charge on any atom is 0.335 e. The maximum atomic E-state index is 12.4. The smallest absolute Gasteiger partial charge is 0.335 e. The van der Waals surface area contributed by atoms with Crippen molar-refractivity contribution in [2.24, 2.45) is 0 Å². The molecule has 6 nitrogen and oxygen atoms in total. The number of carboxylic acid groups (broad SMARTS) is 1. The number of nitrogens with zero attached hydrogens (tertiary/aromatic N) is 1. The summed E-state index contributed by atoms with van der Waals surface area (Å²) in [5.41, 5.74) is 0.284. The second-order valence-corrected chi connectivity index (χ2v) is 6.94. The summed E-state index contributed by atoms with van der Waals surface area (Å²) >= 11 is 0. The van der Waals surface area contributed by atoms with Crippen LogP contribution in [-0.2, 0) is 14.6 Å². The first-order chi connectivity index (χ1) is 9.09. The molecular formula is C13H17NO5S. The molecule has 7 heteroatoms. The number of carboxylic acids is 1. The third kappa shape index (κ3) is 2.98. The molecule has 20 heavy (non-hydrogen) atoms. The summed E-state index contributed by atoms with van der Waals surface area (Å²) < 4.78 is 24.9. The van der Waals surface area contributed by atoms with E-state index in [0.29, 0.717) is 5.56 Å². The molecule has 0 spiro atoms. The fourth-order valence-corrected chi connectivity index (χ4v) is 3.39. The van der Waals surface area contributed by atoms with Crippen LogP contribution in [0.25, 0.3) is 0 Å². The predicted octanol–water partition coefficient (Wildman–Crippen LogP) is 0.944. The molecule has 0 aliphatic rings. The average molecular weight is 299 g/mol. The van der Waals surface area contributed by atoms with E-state index in [2.05, 4.69) is 0 Å². The number of hydrogen-bond donors (Lipinski definition) is 1. The van der Waals surface area contributed by atoms with E-state index in [-0.39, 0.29) is 10.5 Å². The van der Waals surface area contributed by atoms with Crippen molar-refractivity contribution in [1.82, 2.24) is 4.90 Å². The fraction of sp³-hybridized carbons (Fsp3) is 0.385. The minimum atomic E-state index is -3.92. The largest absolute Gasteiger partial charge is 0.478 e. The number of rotatable bonds is 4. The van der Waals surface area contributed by atoms with Crippen molar-refractivity contribution in [3.8, 4) is 0 Å². The number of amides is 1. The van der Waals surface area contributed by atoms with Crippen LogP contribution in [-0.4, -0.2) is 49.6 Å². The van der Waals surface area contributed by atoms with Crippen molar-refractivity contribution in [2.45, 2.75) is 24.0 Å². The van der Waals surface area contributed by atoms with Crippen LogP contribution in [0.15, 0.2) is 23.1 Å². The third-order valence-corrected chi connectivity index (χ3v) is 5.18. The van der Waals surface area contributed by atoms with Gasteiger partial charge in [0.2, 0.25) is 5.91 Å². The third-order valence-electron chi connectivity index (χ3n) is 3.00. The molecule has 0 heterocycles. The Hall–Kier alpha value is -1.89. The highest BCUT2D eigenvalue weighted by molar-refractivity contribution is 7.92. The Morgan fingerprint density at radius 1 is 1.25 bits per heavy atom. The van der Waals surface area contributed by atoms with Gasteiger partial charge in [0.25, 0.3) is 0 Å². The van der Waals surface area contributed by atoms with Gasteiger partial charge in [0.15, 0.2) is 9.84 Å². The minimum absolute atomic E-state index is 0.125. The second kappa shape index (κ2) is 5.62. The molecule has 0 fully saturated rings. The molecule has 1 aromatic rings. The SMILES string of the molecule is Cc1ccc(C(=O)O)cc1S(=O)(=O)C(C)C(=O)N(C)C. The Morgan fingerprint density at radius 2 is 1.80 bits per heavy atom. The van der Waals surface area contributed by atoms with Crippen molar-refractivity contribution in [2.75, 3.05) is 14.1 Å². The van der Waals surface area contributed by atoms with E-state index in [4.69, 9.17) is 5.11 Å². The van der Waals surface area contributed by atoms with E-state index in [1.54, 1.807) is 6.92 Å². The molecule has 1 N–H and O–H groups in total. The monoisotopic (exact) mass is 299 g/mol. The number of carbonyl (C=O) groups excluding carboxylic acids is 1. The van der Waals surface area contributed by atoms with Crippen LogP contribution in [0.2, 0.25) is 0 Å². The highest BCUT2D eigenvalue weighted by atomic mass is 32.2. The topological polar surface area (TPSA) is 91.7 Å². The Kier molecular flexibility index (Phi) is 4.54. The van der Waals surface area contributed by atoms with E-state index in [9.17, 15) is 18.0 Å². The lowest BCUT2D eigenvalue weighted by Gasteiger charge is -2.18. The first-order valence-corrected chi connectivity index (χ1v) is 7.42. The van der Waals surface area contributed by atoms with Gasteiger partial charge in [-0.05, 0) is 31.5 Å². The summed E-state index contributed by atoms with van der Waals surface area (Å²) in [6.07, 6.45) is 0. The summed E-state index contributed by atoms with van der Waals surface area (Å²) in [5, 5.41) is 7.67. The molecule has 0 saturated carbocycles. The van der Waals surface area contributed by atoms with Gasteiger partial charge in [0.05, 0.1) is 10.5 Å². The molecule has 0 bridgehead atoms. The molecule has 0 radical (unpaired) electrons. The van der Waals surface area contributed by atoms with Crippen LogP contribution in [0.3, 0.4) is 0 Å². The van der Waals surface area contributed by atoms with E-state index in [1.807, 2.05) is 0 Å². The average Bonchev–Trinajstić information content (AvgIpc) is 2.36. The maximum absolute atomic E-state index is 12.4. The van der Waals surface area contributed by atoms with Crippen molar-refractivity contribution >= 4 is 21.7 Å². The Bertz CT molecular complexity index is 649. The van der Waals surface area contributed by atoms with Gasteiger partial charge < -0.3 is 10.0 Å². The summed E-state index contributed by atoms with van der Waals surface area (Å²) in [5.74, 6) is -1.77. The first kappa shape index (κ1) is 16.2. The highest BCUT2D eigenvalue weighted by Gasteiger charge is 2.32. The number of aromatic carboxylic acids is 1. The van der Waals surface area contributed by atoms with E-state index >= 15 is 0 Å². The summed E-state index contributed by atoms with van der Waals surface area (Å²) in [6.45, 7) is 2.86. The van der Waals surface area contributed by atoms with Gasteiger partial charge in [-0.15, -0.1) is 0 Å². The van der Waals surface area contributed by atoms with Crippen LogP contribution in [0.5, 0.6) is 0 Å². The zero-order valence-corrected chi connectivity index (χ0v) is 12.6. The highest BCUT2D eigenvalue weighted by Crippen LogP contribution is 2.22. The van der Waals surface area contributed by atoms with Gasteiger partial charge in [0, 0.05) is 14.1 Å². The Labute approximate surface area is 117 Å². The van der Waals surface area contributed by atoms with Crippen LogP contribution < -0.4 is 0 Å². The standard InChI is InChI=1S/C13H17NO5S/c1-8-5-6-10(13(16)17)7-11(8)20(18,19)9(2)12(15)14(3)4/h5-7,9H,1-4H3,(H,16,17). The fourth-order valence-electron chi connectivity index (χ4n) is 1.73. The van der Waals surface area contributed by atoms with Crippen molar-refractivity contribution in [3.05, 3.63) is 29.3 Å². The Morgan fingerprint density at radius 3 is 2.25 bits per heavy atom. The summed E-state index contributed by atoms with van der Waals surface area (Å²) in [4.78, 5) is 23.8. The molecule has 1 aromatic carbocycles. The lowest BCUT2D eigenvalue weighted by Crippen LogP contribution is -2.37. The van der Waals surface area contributed by atoms with E-state index in [0.717, 1.165) is 6.07 Å². The van der Waals surface area contributed by atoms with Gasteiger partial charge in [-0.25, -0.2) is 13.2 Å². The summed E-state index contributed by atoms with van der Waals surface area (Å²) in [6, 6.07) is 3.84. The number of carbonyl (C=O) groups is 2. The van der Waals surface area contributed by atoms with Gasteiger partial charge in [-0.1, -0.05) is 6.07 Å². The van der Waals surface area contributed by atoms with E-state index in [1.165, 1.54) is 38.1 Å². The lowest BCUT2D eigenvalue weighted by atomic mass is 10.1. The molecule has 0 saturated heterocycles. The van der Waals surface area contributed by atoms with Gasteiger partial charge in [-0.3, -0.25) is 4.79 Å². The zero-order valence-electron chi connectivity index (χ0n) is 11.7. The molecule has 0 aliphatic heterocycles. The quantitative estimate of drug-likeness (QED) is 0.893. The number of sulfone groups is 1. The zero-order chi connectivity index (χ0) is 15.7. The lowest BCUT2D eigenvalue weighted by molar-refractivity contribution is -0.127. The molecule has 1 unspecified atom stereocenters. The predicted molar refractivity (Wildman–Crippen MR) is 73.5 cm³/mol. The number of aryl methyl sites for hydroxylation is 1. The normalized spacial score (nSPS) is 12.8. The number of benzene rings is 1. The first-order valence-electron chi connectivity index (χ1n) is 5.88. The van der Waals surface area contributed by atoms with Crippen LogP contribution in [0, 0.1) is 6.92 Å². The van der Waals surface area contributed by atoms with Crippen LogP contribution in [0.4, 0.5) is 0 Å². The van der Waals surface area contributed by atoms with Gasteiger partial charge >= 0.3 is 5.97 Å². The van der Waals surface area contributed by atoms with Crippen molar-refractivity contribution in [3.63, 3.8) is 0 Å². The molecular weight excluding hydrogens is 282 g/mol. The van der Waals surface area contributed by atoms with Gasteiger partial charge in [0.1, 0.15) is 5.25 Å². The second-order valence-electron chi connectivity index (χ2n) is 4.71. The van der Waals surface area contributed by atoms with Crippen LogP contribution >= 0.6 is 0 Å². The van der Waals surface area contributed by atoms with Gasteiger partial charge in [-0.2, -0.15) is 0 Å². The molecule has 0 aromatic heterocycles. The molecule has 1 rings (SSSR count).